The van der Waals surface area contributed by atoms with Crippen molar-refractivity contribution in [3.8, 4) is 11.5 Å². The summed E-state index contributed by atoms with van der Waals surface area (Å²) >= 11 is 2.34. The molecule has 0 saturated heterocycles. The second-order valence-corrected chi connectivity index (χ2v) is 7.76. The van der Waals surface area contributed by atoms with Crippen molar-refractivity contribution in [2.45, 2.75) is 51.3 Å². The van der Waals surface area contributed by atoms with E-state index in [0.717, 1.165) is 27.2 Å². The number of rotatable bonds is 7. The lowest BCUT2D eigenvalue weighted by atomic mass is 9.95. The van der Waals surface area contributed by atoms with Crippen LogP contribution in [0.2, 0.25) is 0 Å². The smallest absolute Gasteiger partial charge is 0.174 e. The molecule has 0 aliphatic heterocycles. The highest BCUT2D eigenvalue weighted by Crippen LogP contribution is 2.34. The molecule has 3 nitrogen and oxygen atoms in total. The molecular weight excluding hydrogens is 461 g/mol. The molecule has 0 bridgehead atoms. The van der Waals surface area contributed by atoms with E-state index in [4.69, 9.17) is 9.47 Å². The topological polar surface area (TPSA) is 30.5 Å². The SMILES string of the molecule is COc1cc(CNC2CCCCC2)cc(I)c1OCc1ccccc1.Cl. The van der Waals surface area contributed by atoms with E-state index in [1.54, 1.807) is 7.11 Å². The summed E-state index contributed by atoms with van der Waals surface area (Å²) in [6.45, 7) is 1.43. The number of hydrogen-bond donors (Lipinski definition) is 1. The summed E-state index contributed by atoms with van der Waals surface area (Å²) in [6.07, 6.45) is 6.69. The van der Waals surface area contributed by atoms with Crippen molar-refractivity contribution < 1.29 is 9.47 Å². The third-order valence-corrected chi connectivity index (χ3v) is 5.52. The molecule has 26 heavy (non-hydrogen) atoms. The second kappa shape index (κ2) is 11.0. The van der Waals surface area contributed by atoms with Crippen LogP contribution in [0.4, 0.5) is 0 Å². The molecule has 0 unspecified atom stereocenters. The summed E-state index contributed by atoms with van der Waals surface area (Å²) in [4.78, 5) is 0. The molecular formula is C21H27ClINO2. The lowest BCUT2D eigenvalue weighted by Gasteiger charge is -2.23. The Labute approximate surface area is 176 Å². The second-order valence-electron chi connectivity index (χ2n) is 6.60. The van der Waals surface area contributed by atoms with Gasteiger partial charge in [0, 0.05) is 12.6 Å². The standard InChI is InChI=1S/C21H26INO2.ClH/c1-24-20-13-17(14-23-18-10-6-3-7-11-18)12-19(22)21(20)25-15-16-8-4-2-5-9-16;/h2,4-5,8-9,12-13,18,23H,3,6-7,10-11,14-15H2,1H3;1H. The van der Waals surface area contributed by atoms with E-state index >= 15 is 0 Å². The number of hydrogen-bond acceptors (Lipinski definition) is 3. The van der Waals surface area contributed by atoms with Crippen molar-refractivity contribution >= 4 is 35.0 Å². The summed E-state index contributed by atoms with van der Waals surface area (Å²) in [7, 11) is 1.71. The third-order valence-electron chi connectivity index (χ3n) is 4.72. The van der Waals surface area contributed by atoms with Crippen LogP contribution in [0.5, 0.6) is 11.5 Å². The van der Waals surface area contributed by atoms with Crippen LogP contribution in [-0.2, 0) is 13.2 Å². The molecule has 142 valence electrons. The molecule has 0 aromatic heterocycles. The molecule has 0 amide bonds. The lowest BCUT2D eigenvalue weighted by molar-refractivity contribution is 0.282. The van der Waals surface area contributed by atoms with Gasteiger partial charge in [-0.3, -0.25) is 0 Å². The molecule has 2 aromatic rings. The van der Waals surface area contributed by atoms with Crippen molar-refractivity contribution in [1.82, 2.24) is 5.32 Å². The molecule has 2 aromatic carbocycles. The maximum atomic E-state index is 6.04. The summed E-state index contributed by atoms with van der Waals surface area (Å²) in [5.41, 5.74) is 2.40. The van der Waals surface area contributed by atoms with E-state index in [-0.39, 0.29) is 12.4 Å². The number of methoxy groups -OCH3 is 1. The van der Waals surface area contributed by atoms with Gasteiger partial charge in [-0.1, -0.05) is 49.6 Å². The molecule has 1 aliphatic carbocycles. The van der Waals surface area contributed by atoms with Gasteiger partial charge in [0.05, 0.1) is 10.7 Å². The largest absolute Gasteiger partial charge is 0.493 e. The Bertz CT molecular complexity index is 675. The monoisotopic (exact) mass is 487 g/mol. The average Bonchev–Trinajstić information content (AvgIpc) is 2.66. The first-order valence-corrected chi connectivity index (χ1v) is 10.1. The van der Waals surface area contributed by atoms with Crippen LogP contribution < -0.4 is 14.8 Å². The van der Waals surface area contributed by atoms with Crippen molar-refractivity contribution in [2.24, 2.45) is 0 Å². The molecule has 3 rings (SSSR count). The van der Waals surface area contributed by atoms with Gasteiger partial charge in [-0.05, 0) is 58.7 Å². The van der Waals surface area contributed by atoms with Gasteiger partial charge in [-0.25, -0.2) is 0 Å². The molecule has 0 radical (unpaired) electrons. The van der Waals surface area contributed by atoms with Gasteiger partial charge in [-0.15, -0.1) is 12.4 Å². The normalized spacial score (nSPS) is 14.5. The van der Waals surface area contributed by atoms with Crippen LogP contribution in [0, 0.1) is 3.57 Å². The van der Waals surface area contributed by atoms with Gasteiger partial charge in [0.25, 0.3) is 0 Å². The predicted octanol–water partition coefficient (Wildman–Crippen LogP) is 5.72. The first kappa shape index (κ1) is 21.3. The predicted molar refractivity (Wildman–Crippen MR) is 117 cm³/mol. The minimum atomic E-state index is 0. The Morgan fingerprint density at radius 3 is 2.46 bits per heavy atom. The van der Waals surface area contributed by atoms with E-state index < -0.39 is 0 Å². The summed E-state index contributed by atoms with van der Waals surface area (Å²) in [5.74, 6) is 1.64. The average molecular weight is 488 g/mol. The van der Waals surface area contributed by atoms with Gasteiger partial charge in [0.15, 0.2) is 11.5 Å². The number of benzene rings is 2. The highest BCUT2D eigenvalue weighted by molar-refractivity contribution is 14.1. The van der Waals surface area contributed by atoms with Crippen molar-refractivity contribution in [1.29, 1.82) is 0 Å². The fourth-order valence-corrected chi connectivity index (χ4v) is 4.14. The molecule has 0 spiro atoms. The summed E-state index contributed by atoms with van der Waals surface area (Å²) < 4.78 is 12.7. The molecule has 1 saturated carbocycles. The van der Waals surface area contributed by atoms with Gasteiger partial charge in [0.2, 0.25) is 0 Å². The first-order valence-electron chi connectivity index (χ1n) is 9.03. The fraction of sp³-hybridized carbons (Fsp3) is 0.429. The first-order chi connectivity index (χ1) is 12.3. The highest BCUT2D eigenvalue weighted by Gasteiger charge is 2.15. The molecule has 0 heterocycles. The molecule has 5 heteroatoms. The number of halogens is 2. The number of ether oxygens (including phenoxy) is 2. The molecule has 0 atom stereocenters. The number of nitrogens with one attached hydrogen (secondary N) is 1. The Balaban J connectivity index is 0.00000243. The van der Waals surface area contributed by atoms with E-state index in [1.165, 1.54) is 37.7 Å². The van der Waals surface area contributed by atoms with Crippen molar-refractivity contribution in [3.63, 3.8) is 0 Å². The van der Waals surface area contributed by atoms with Gasteiger partial charge in [0.1, 0.15) is 6.61 Å². The van der Waals surface area contributed by atoms with Crippen molar-refractivity contribution in [3.05, 3.63) is 57.2 Å². The quantitative estimate of drug-likeness (QED) is 0.507. The third kappa shape index (κ3) is 6.03. The summed E-state index contributed by atoms with van der Waals surface area (Å²) in [5, 5.41) is 3.69. The maximum Gasteiger partial charge on any atom is 0.174 e. The van der Waals surface area contributed by atoms with Crippen molar-refractivity contribution in [2.75, 3.05) is 7.11 Å². The molecule has 1 fully saturated rings. The highest BCUT2D eigenvalue weighted by atomic mass is 127. The van der Waals surface area contributed by atoms with Gasteiger partial charge < -0.3 is 14.8 Å². The maximum absolute atomic E-state index is 6.04. The molecule has 1 N–H and O–H groups in total. The summed E-state index contributed by atoms with van der Waals surface area (Å²) in [6, 6.07) is 15.2. The van der Waals surface area contributed by atoms with E-state index in [0.29, 0.717) is 12.6 Å². The Morgan fingerprint density at radius 1 is 1.04 bits per heavy atom. The van der Waals surface area contributed by atoms with Crippen LogP contribution in [0.25, 0.3) is 0 Å². The minimum Gasteiger partial charge on any atom is -0.493 e. The molecule has 1 aliphatic rings. The Kier molecular flexibility index (Phi) is 9.02. The van der Waals surface area contributed by atoms with E-state index in [9.17, 15) is 0 Å². The van der Waals surface area contributed by atoms with Gasteiger partial charge in [-0.2, -0.15) is 0 Å². The van der Waals surface area contributed by atoms with Crippen LogP contribution in [-0.4, -0.2) is 13.2 Å². The Hall–Kier alpha value is -0.980. The zero-order valence-corrected chi connectivity index (χ0v) is 18.1. The van der Waals surface area contributed by atoms with Crippen LogP contribution in [0.15, 0.2) is 42.5 Å². The minimum absolute atomic E-state index is 0. The van der Waals surface area contributed by atoms with E-state index in [2.05, 4.69) is 52.2 Å². The Morgan fingerprint density at radius 2 is 1.77 bits per heavy atom. The zero-order valence-electron chi connectivity index (χ0n) is 15.2. The van der Waals surface area contributed by atoms with Crippen LogP contribution >= 0.6 is 35.0 Å². The lowest BCUT2D eigenvalue weighted by Crippen LogP contribution is -2.30. The van der Waals surface area contributed by atoms with Crippen LogP contribution in [0.3, 0.4) is 0 Å². The van der Waals surface area contributed by atoms with Gasteiger partial charge >= 0.3 is 0 Å². The fourth-order valence-electron chi connectivity index (χ4n) is 3.31. The zero-order chi connectivity index (χ0) is 17.5. The van der Waals surface area contributed by atoms with E-state index in [1.807, 2.05) is 18.2 Å². The van der Waals surface area contributed by atoms with Crippen LogP contribution in [0.1, 0.15) is 43.2 Å².